The second kappa shape index (κ2) is 10.7. The summed E-state index contributed by atoms with van der Waals surface area (Å²) < 4.78 is 19.3. The van der Waals surface area contributed by atoms with Crippen molar-refractivity contribution in [2.45, 2.75) is 48.5 Å². The van der Waals surface area contributed by atoms with Gasteiger partial charge in [-0.3, -0.25) is 4.90 Å². The van der Waals surface area contributed by atoms with Crippen molar-refractivity contribution in [2.75, 3.05) is 40.3 Å². The molecule has 0 saturated carbocycles. The van der Waals surface area contributed by atoms with Gasteiger partial charge in [0.1, 0.15) is 11.5 Å². The SMILES string of the molecule is COc1ccc(C2(c3ccc(N(C)C)cc3)C=Cc3c4c(c5ccccc5c3O2)-c2ccccc2C42CC3CC(OC)C(C2)N3C)cc1. The Morgan fingerprint density at radius 3 is 2.21 bits per heavy atom. The van der Waals surface area contributed by atoms with Crippen molar-refractivity contribution >= 4 is 22.5 Å². The van der Waals surface area contributed by atoms with E-state index < -0.39 is 5.60 Å². The maximum atomic E-state index is 7.59. The van der Waals surface area contributed by atoms with Crippen LogP contribution in [0.2, 0.25) is 0 Å². The Morgan fingerprint density at radius 2 is 1.50 bits per heavy atom. The highest BCUT2D eigenvalue weighted by Gasteiger charge is 2.57. The Morgan fingerprint density at radius 1 is 0.812 bits per heavy atom. The van der Waals surface area contributed by atoms with E-state index in [1.807, 2.05) is 19.2 Å². The molecular weight excluding hydrogens is 592 g/mol. The third-order valence-corrected chi connectivity index (χ3v) is 12.0. The van der Waals surface area contributed by atoms with Crippen LogP contribution in [0, 0.1) is 0 Å². The minimum absolute atomic E-state index is 0.129. The Kier molecular flexibility index (Phi) is 6.60. The molecule has 3 aliphatic heterocycles. The van der Waals surface area contributed by atoms with E-state index in [4.69, 9.17) is 14.2 Å². The van der Waals surface area contributed by atoms with E-state index >= 15 is 0 Å². The summed E-state index contributed by atoms with van der Waals surface area (Å²) in [5.74, 6) is 1.78. The van der Waals surface area contributed by atoms with Crippen molar-refractivity contribution in [2.24, 2.45) is 0 Å². The standard InChI is InChI=1S/C43H42N2O3/c1-44(2)29-18-14-27(15-19-29)43(28-16-20-31(46-4)21-17-28)23-22-35-40-39(32-10-6-7-11-33(32)41(35)48-43)34-12-8-9-13-36(34)42(40)25-30-24-38(47-5)37(26-42)45(30)3/h6-23,30,37-38H,24-26H2,1-5H3. The molecule has 1 spiro atoms. The quantitative estimate of drug-likeness (QED) is 0.194. The lowest BCUT2D eigenvalue weighted by Crippen LogP contribution is -2.49. The van der Waals surface area contributed by atoms with Gasteiger partial charge in [-0.2, -0.15) is 0 Å². The smallest absolute Gasteiger partial charge is 0.178 e. The van der Waals surface area contributed by atoms with Crippen molar-refractivity contribution in [3.63, 3.8) is 0 Å². The first-order valence-electron chi connectivity index (χ1n) is 17.1. The van der Waals surface area contributed by atoms with E-state index in [-0.39, 0.29) is 11.5 Å². The Bertz CT molecular complexity index is 2080. The number of anilines is 1. The molecule has 3 heterocycles. The lowest BCUT2D eigenvalue weighted by Gasteiger charge is -2.46. The zero-order chi connectivity index (χ0) is 32.8. The molecule has 242 valence electrons. The molecule has 5 aromatic carbocycles. The fourth-order valence-electron chi connectivity index (χ4n) is 9.59. The molecule has 5 nitrogen and oxygen atoms in total. The molecule has 5 atom stereocenters. The Hall–Kier alpha value is -4.58. The number of likely N-dealkylation sites (N-methyl/N-ethyl adjacent to an activating group) is 1. The number of methoxy groups -OCH3 is 2. The maximum Gasteiger partial charge on any atom is 0.178 e. The zero-order valence-electron chi connectivity index (χ0n) is 28.4. The van der Waals surface area contributed by atoms with E-state index in [2.05, 4.69) is 128 Å². The highest BCUT2D eigenvalue weighted by Crippen LogP contribution is 2.63. The van der Waals surface area contributed by atoms with E-state index in [0.29, 0.717) is 12.1 Å². The third kappa shape index (κ3) is 3.98. The molecule has 2 fully saturated rings. The number of fused-ring (bicyclic) bond motifs is 12. The largest absolute Gasteiger partial charge is 0.497 e. The van der Waals surface area contributed by atoms with Gasteiger partial charge in [-0.25, -0.2) is 0 Å². The first kappa shape index (κ1) is 29.6. The topological polar surface area (TPSA) is 34.2 Å². The Labute approximate surface area is 283 Å². The van der Waals surface area contributed by atoms with Gasteiger partial charge in [0, 0.05) is 66.5 Å². The van der Waals surface area contributed by atoms with Crippen molar-refractivity contribution in [3.05, 3.63) is 131 Å². The molecule has 48 heavy (non-hydrogen) atoms. The molecule has 1 aliphatic carbocycles. The predicted octanol–water partition coefficient (Wildman–Crippen LogP) is 8.41. The summed E-state index contributed by atoms with van der Waals surface area (Å²) >= 11 is 0. The first-order valence-corrected chi connectivity index (χ1v) is 17.1. The molecule has 5 aromatic rings. The number of benzene rings is 5. The fraction of sp³-hybridized carbons (Fsp3) is 0.302. The van der Waals surface area contributed by atoms with Crippen molar-refractivity contribution in [1.29, 1.82) is 0 Å². The van der Waals surface area contributed by atoms with E-state index in [1.54, 1.807) is 7.11 Å². The molecule has 5 heteroatoms. The average molecular weight is 635 g/mol. The zero-order valence-corrected chi connectivity index (χ0v) is 28.4. The number of rotatable bonds is 5. The van der Waals surface area contributed by atoms with Gasteiger partial charge >= 0.3 is 0 Å². The molecule has 2 saturated heterocycles. The highest BCUT2D eigenvalue weighted by atomic mass is 16.5. The second-order valence-corrected chi connectivity index (χ2v) is 14.3. The lowest BCUT2D eigenvalue weighted by molar-refractivity contribution is 0.0474. The molecule has 0 aromatic heterocycles. The minimum atomic E-state index is -0.827. The van der Waals surface area contributed by atoms with Crippen LogP contribution in [-0.4, -0.2) is 58.5 Å². The molecule has 2 bridgehead atoms. The number of nitrogens with zero attached hydrogens (tertiary/aromatic N) is 2. The predicted molar refractivity (Wildman–Crippen MR) is 194 cm³/mol. The molecule has 4 aliphatic rings. The number of piperidine rings is 1. The summed E-state index contributed by atoms with van der Waals surface area (Å²) in [6.45, 7) is 0. The molecule has 0 amide bonds. The molecule has 9 rings (SSSR count). The maximum absolute atomic E-state index is 7.59. The van der Waals surface area contributed by atoms with Crippen LogP contribution in [0.25, 0.3) is 28.0 Å². The van der Waals surface area contributed by atoms with Crippen molar-refractivity contribution in [3.8, 4) is 22.6 Å². The van der Waals surface area contributed by atoms with Gasteiger partial charge in [-0.1, -0.05) is 78.9 Å². The average Bonchev–Trinajstić information content (AvgIpc) is 3.49. The van der Waals surface area contributed by atoms with Crippen molar-refractivity contribution < 1.29 is 14.2 Å². The first-order chi connectivity index (χ1) is 23.4. The van der Waals surface area contributed by atoms with Gasteiger partial charge in [-0.05, 0) is 84.3 Å². The van der Waals surface area contributed by atoms with Crippen LogP contribution in [0.4, 0.5) is 5.69 Å². The lowest BCUT2D eigenvalue weighted by atomic mass is 9.66. The summed E-state index contributed by atoms with van der Waals surface area (Å²) in [5.41, 5.74) is 9.18. The monoisotopic (exact) mass is 634 g/mol. The van der Waals surface area contributed by atoms with Crippen molar-refractivity contribution in [1.82, 2.24) is 4.90 Å². The molecule has 5 unspecified atom stereocenters. The van der Waals surface area contributed by atoms with Crippen LogP contribution < -0.4 is 14.4 Å². The van der Waals surface area contributed by atoms with Crippen LogP contribution in [-0.2, 0) is 15.8 Å². The molecule has 0 N–H and O–H groups in total. The van der Waals surface area contributed by atoms with E-state index in [0.717, 1.165) is 53.0 Å². The summed E-state index contributed by atoms with van der Waals surface area (Å²) in [4.78, 5) is 4.72. The minimum Gasteiger partial charge on any atom is -0.497 e. The summed E-state index contributed by atoms with van der Waals surface area (Å²) in [5, 5.41) is 2.41. The molecular formula is C43H42N2O3. The number of hydrogen-bond donors (Lipinski definition) is 0. The third-order valence-electron chi connectivity index (χ3n) is 12.0. The normalized spacial score (nSPS) is 26.6. The van der Waals surface area contributed by atoms with Crippen LogP contribution in [0.5, 0.6) is 11.5 Å². The van der Waals surface area contributed by atoms with Gasteiger partial charge in [0.05, 0.1) is 13.2 Å². The van der Waals surface area contributed by atoms with Crippen LogP contribution in [0.15, 0.2) is 103 Å². The summed E-state index contributed by atoms with van der Waals surface area (Å²) in [6, 6.07) is 36.0. The van der Waals surface area contributed by atoms with Gasteiger partial charge in [-0.15, -0.1) is 0 Å². The van der Waals surface area contributed by atoms with E-state index in [9.17, 15) is 0 Å². The Balaban J connectivity index is 1.31. The van der Waals surface area contributed by atoms with Gasteiger partial charge in [0.25, 0.3) is 0 Å². The highest BCUT2D eigenvalue weighted by molar-refractivity contribution is 6.08. The van der Waals surface area contributed by atoms with E-state index in [1.165, 1.54) is 33.2 Å². The van der Waals surface area contributed by atoms with Crippen LogP contribution >= 0.6 is 0 Å². The molecule has 0 radical (unpaired) electrons. The summed E-state index contributed by atoms with van der Waals surface area (Å²) in [7, 11) is 10.0. The van der Waals surface area contributed by atoms with Crippen LogP contribution in [0.1, 0.15) is 47.1 Å². The fourth-order valence-corrected chi connectivity index (χ4v) is 9.59. The summed E-state index contributed by atoms with van der Waals surface area (Å²) in [6.07, 6.45) is 8.09. The van der Waals surface area contributed by atoms with Gasteiger partial charge < -0.3 is 19.1 Å². The van der Waals surface area contributed by atoms with Gasteiger partial charge in [0.15, 0.2) is 5.60 Å². The van der Waals surface area contributed by atoms with Gasteiger partial charge in [0.2, 0.25) is 0 Å². The number of hydrogen-bond acceptors (Lipinski definition) is 5. The van der Waals surface area contributed by atoms with Crippen LogP contribution in [0.3, 0.4) is 0 Å². The number of ether oxygens (including phenoxy) is 3. The second-order valence-electron chi connectivity index (χ2n) is 14.3.